The topological polar surface area (TPSA) is 6.48 Å². The van der Waals surface area contributed by atoms with Crippen molar-refractivity contribution in [1.29, 1.82) is 0 Å². The third-order valence-corrected chi connectivity index (χ3v) is 14.5. The number of anilines is 6. The van der Waals surface area contributed by atoms with E-state index in [1.54, 1.807) is 0 Å². The Labute approximate surface area is 430 Å². The van der Waals surface area contributed by atoms with E-state index in [0.29, 0.717) is 0 Å². The lowest BCUT2D eigenvalue weighted by Gasteiger charge is -2.27. The van der Waals surface area contributed by atoms with E-state index in [4.69, 9.17) is 0 Å². The highest BCUT2D eigenvalue weighted by atomic mass is 15.1. The molecule has 0 aromatic heterocycles. The van der Waals surface area contributed by atoms with Crippen molar-refractivity contribution in [3.63, 3.8) is 0 Å². The molecule has 1 aliphatic carbocycles. The second-order valence-electron chi connectivity index (χ2n) is 19.1. The molecule has 0 saturated heterocycles. The standard InChI is InChI=1S/C71H56N2/c1-5-16-52(17-6-1)55-28-38-64(39-29-55)72(66-46-36-59(37-47-66)62-26-15-25-61(50-62)54-20-9-3-10-21-54)65-40-32-57(33-41-65)58-34-44-68(45-35-58)73(67-42-30-56(31-43-67)53-18-7-2-8-19-53)69-48-49-71-63(51-69)24-12-4-11-22-60-23-13-14-27-70(60)71/h1-3,5-10,13-21,23,25-51H,4,11-12,22,24H2. The van der Waals surface area contributed by atoms with Crippen LogP contribution in [-0.4, -0.2) is 0 Å². The Hall–Kier alpha value is -8.98. The van der Waals surface area contributed by atoms with Gasteiger partial charge in [-0.15, -0.1) is 0 Å². The number of rotatable bonds is 11. The average Bonchev–Trinajstić information content (AvgIpc) is 3.56. The molecule has 0 spiro atoms. The molecule has 0 heterocycles. The minimum Gasteiger partial charge on any atom is -0.311 e. The highest BCUT2D eigenvalue weighted by Crippen LogP contribution is 2.42. The van der Waals surface area contributed by atoms with E-state index in [-0.39, 0.29) is 0 Å². The summed E-state index contributed by atoms with van der Waals surface area (Å²) in [6.45, 7) is 0. The first-order chi connectivity index (χ1) is 36.2. The van der Waals surface area contributed by atoms with E-state index in [9.17, 15) is 0 Å². The lowest BCUT2D eigenvalue weighted by molar-refractivity contribution is 0.683. The van der Waals surface area contributed by atoms with Gasteiger partial charge in [0.25, 0.3) is 0 Å². The van der Waals surface area contributed by atoms with E-state index >= 15 is 0 Å². The molecule has 2 nitrogen and oxygen atoms in total. The van der Waals surface area contributed by atoms with E-state index < -0.39 is 0 Å². The van der Waals surface area contributed by atoms with Gasteiger partial charge in [0.2, 0.25) is 0 Å². The predicted octanol–water partition coefficient (Wildman–Crippen LogP) is 19.9. The monoisotopic (exact) mass is 936 g/mol. The molecule has 0 N–H and O–H groups in total. The summed E-state index contributed by atoms with van der Waals surface area (Å²) in [4.78, 5) is 4.78. The highest BCUT2D eigenvalue weighted by Gasteiger charge is 2.19. The van der Waals surface area contributed by atoms with Gasteiger partial charge in [-0.05, 0) is 182 Å². The predicted molar refractivity (Wildman–Crippen MR) is 310 cm³/mol. The molecule has 0 unspecified atom stereocenters. The molecule has 0 saturated carbocycles. The van der Waals surface area contributed by atoms with Crippen molar-refractivity contribution in [2.75, 3.05) is 9.80 Å². The van der Waals surface area contributed by atoms with E-state index in [2.05, 4.69) is 289 Å². The normalized spacial score (nSPS) is 12.1. The van der Waals surface area contributed by atoms with Crippen molar-refractivity contribution in [3.05, 3.63) is 290 Å². The molecule has 2 heteroatoms. The largest absolute Gasteiger partial charge is 0.311 e. The van der Waals surface area contributed by atoms with E-state index in [1.807, 2.05) is 0 Å². The van der Waals surface area contributed by atoms with Gasteiger partial charge < -0.3 is 9.80 Å². The van der Waals surface area contributed by atoms with Gasteiger partial charge in [-0.1, -0.05) is 207 Å². The van der Waals surface area contributed by atoms with Crippen LogP contribution in [0.3, 0.4) is 0 Å². The first kappa shape index (κ1) is 45.2. The van der Waals surface area contributed by atoms with Crippen molar-refractivity contribution >= 4 is 34.1 Å². The Bertz CT molecular complexity index is 3590. The molecule has 73 heavy (non-hydrogen) atoms. The molecular weight excluding hydrogens is 881 g/mol. The maximum Gasteiger partial charge on any atom is 0.0464 e. The minimum atomic E-state index is 1.07. The highest BCUT2D eigenvalue weighted by molar-refractivity contribution is 5.85. The fourth-order valence-corrected chi connectivity index (χ4v) is 10.7. The molecule has 0 bridgehead atoms. The summed E-state index contributed by atoms with van der Waals surface area (Å²) in [5, 5.41) is 0. The fraction of sp³-hybridized carbons (Fsp3) is 0.0704. The van der Waals surface area contributed by atoms with Crippen LogP contribution in [0.25, 0.3) is 66.8 Å². The smallest absolute Gasteiger partial charge is 0.0464 e. The Morgan fingerprint density at radius 2 is 0.493 bits per heavy atom. The van der Waals surface area contributed by atoms with Crippen LogP contribution < -0.4 is 9.80 Å². The zero-order valence-corrected chi connectivity index (χ0v) is 41.0. The zero-order valence-electron chi connectivity index (χ0n) is 41.0. The average molecular weight is 937 g/mol. The number of hydrogen-bond donors (Lipinski definition) is 0. The molecule has 350 valence electrons. The summed E-state index contributed by atoms with van der Waals surface area (Å²) in [6, 6.07) is 102. The van der Waals surface area contributed by atoms with Crippen molar-refractivity contribution in [1.82, 2.24) is 0 Å². The third kappa shape index (κ3) is 9.76. The van der Waals surface area contributed by atoms with Crippen molar-refractivity contribution in [3.8, 4) is 66.8 Å². The van der Waals surface area contributed by atoms with Gasteiger partial charge in [0.05, 0.1) is 0 Å². The number of aryl methyl sites for hydroxylation is 2. The maximum atomic E-state index is 2.45. The Kier molecular flexibility index (Phi) is 12.9. The van der Waals surface area contributed by atoms with Crippen LogP contribution in [0.1, 0.15) is 30.4 Å². The van der Waals surface area contributed by atoms with Crippen LogP contribution in [-0.2, 0) is 12.8 Å². The fourth-order valence-electron chi connectivity index (χ4n) is 10.7. The van der Waals surface area contributed by atoms with E-state index in [1.165, 1.54) is 97.3 Å². The summed E-state index contributed by atoms with van der Waals surface area (Å²) in [7, 11) is 0. The molecule has 11 aromatic rings. The van der Waals surface area contributed by atoms with Gasteiger partial charge >= 0.3 is 0 Å². The lowest BCUT2D eigenvalue weighted by atomic mass is 9.92. The summed E-state index contributed by atoms with van der Waals surface area (Å²) in [6.07, 6.45) is 5.86. The second kappa shape index (κ2) is 20.8. The zero-order chi connectivity index (χ0) is 48.8. The number of benzene rings is 11. The summed E-state index contributed by atoms with van der Waals surface area (Å²) >= 11 is 0. The molecular formula is C71H56N2. The molecule has 0 fully saturated rings. The summed E-state index contributed by atoms with van der Waals surface area (Å²) in [5.41, 5.74) is 24.3. The Balaban J connectivity index is 0.870. The number of fused-ring (bicyclic) bond motifs is 3. The van der Waals surface area contributed by atoms with Gasteiger partial charge in [0, 0.05) is 34.1 Å². The first-order valence-electron chi connectivity index (χ1n) is 25.8. The van der Waals surface area contributed by atoms with Gasteiger partial charge in [0.1, 0.15) is 0 Å². The molecule has 1 aliphatic rings. The number of nitrogens with zero attached hydrogens (tertiary/aromatic N) is 2. The van der Waals surface area contributed by atoms with Crippen LogP contribution in [0.5, 0.6) is 0 Å². The number of hydrogen-bond acceptors (Lipinski definition) is 2. The van der Waals surface area contributed by atoms with E-state index in [0.717, 1.165) is 46.8 Å². The third-order valence-electron chi connectivity index (χ3n) is 14.5. The molecule has 0 amide bonds. The maximum absolute atomic E-state index is 2.45. The Morgan fingerprint density at radius 3 is 0.932 bits per heavy atom. The molecule has 0 atom stereocenters. The van der Waals surface area contributed by atoms with Crippen LogP contribution in [0, 0.1) is 0 Å². The van der Waals surface area contributed by atoms with Crippen molar-refractivity contribution < 1.29 is 0 Å². The summed E-state index contributed by atoms with van der Waals surface area (Å²) < 4.78 is 0. The van der Waals surface area contributed by atoms with Gasteiger partial charge in [-0.2, -0.15) is 0 Å². The van der Waals surface area contributed by atoms with Crippen molar-refractivity contribution in [2.45, 2.75) is 32.1 Å². The molecule has 0 radical (unpaired) electrons. The van der Waals surface area contributed by atoms with Crippen LogP contribution in [0.4, 0.5) is 34.1 Å². The molecule has 0 aliphatic heterocycles. The lowest BCUT2D eigenvalue weighted by Crippen LogP contribution is -2.11. The van der Waals surface area contributed by atoms with Crippen LogP contribution in [0.2, 0.25) is 0 Å². The molecule has 11 aromatic carbocycles. The minimum absolute atomic E-state index is 1.07. The summed E-state index contributed by atoms with van der Waals surface area (Å²) in [5.74, 6) is 0. The molecule has 12 rings (SSSR count). The second-order valence-corrected chi connectivity index (χ2v) is 19.1. The Morgan fingerprint density at radius 1 is 0.192 bits per heavy atom. The first-order valence-corrected chi connectivity index (χ1v) is 25.8. The van der Waals surface area contributed by atoms with Gasteiger partial charge in [0.15, 0.2) is 0 Å². The van der Waals surface area contributed by atoms with Crippen LogP contribution >= 0.6 is 0 Å². The van der Waals surface area contributed by atoms with Gasteiger partial charge in [-0.25, -0.2) is 0 Å². The quantitative estimate of drug-likeness (QED) is 0.127. The van der Waals surface area contributed by atoms with Crippen molar-refractivity contribution in [2.24, 2.45) is 0 Å². The SMILES string of the molecule is c1ccc(-c2ccc(N(c3ccc(-c4ccc(N(c5ccc(-c6ccccc6)cc5)c5ccc6c(c5)CCCCCc5ccccc5-6)cc4)cc3)c3ccc(-c4cccc(-c5ccccc5)c4)cc3)cc2)cc1. The van der Waals surface area contributed by atoms with Gasteiger partial charge in [-0.3, -0.25) is 0 Å². The van der Waals surface area contributed by atoms with Crippen LogP contribution in [0.15, 0.2) is 279 Å².